The van der Waals surface area contributed by atoms with Gasteiger partial charge in [-0.3, -0.25) is 0 Å². The molecule has 2 rings (SSSR count). The van der Waals surface area contributed by atoms with Gasteiger partial charge in [-0.1, -0.05) is 19.8 Å². The minimum Gasteiger partial charge on any atom is -0.302 e. The van der Waals surface area contributed by atoms with Crippen LogP contribution in [0.3, 0.4) is 0 Å². The average molecular weight is 153 g/mol. The monoisotopic (exact) mass is 153 g/mol. The zero-order valence-corrected chi connectivity index (χ0v) is 7.60. The van der Waals surface area contributed by atoms with E-state index in [1.807, 2.05) is 0 Å². The van der Waals surface area contributed by atoms with Crippen LogP contribution in [0.1, 0.15) is 39.0 Å². The molecule has 0 atom stereocenters. The molecule has 1 spiro atoms. The molecule has 1 heterocycles. The van der Waals surface area contributed by atoms with E-state index in [1.165, 1.54) is 51.7 Å². The van der Waals surface area contributed by atoms with Gasteiger partial charge in [0.25, 0.3) is 0 Å². The molecule has 1 aliphatic carbocycles. The number of nitrogens with zero attached hydrogens (tertiary/aromatic N) is 1. The largest absolute Gasteiger partial charge is 0.302 e. The second-order valence-corrected chi connectivity index (χ2v) is 4.42. The first-order valence-electron chi connectivity index (χ1n) is 5.07. The van der Waals surface area contributed by atoms with Crippen LogP contribution >= 0.6 is 0 Å². The van der Waals surface area contributed by atoms with Crippen LogP contribution in [-0.2, 0) is 0 Å². The van der Waals surface area contributed by atoms with Crippen molar-refractivity contribution in [2.24, 2.45) is 5.41 Å². The van der Waals surface area contributed by atoms with Gasteiger partial charge in [-0.2, -0.15) is 0 Å². The lowest BCUT2D eigenvalue weighted by atomic mass is 9.78. The molecule has 2 aliphatic rings. The van der Waals surface area contributed by atoms with Crippen molar-refractivity contribution < 1.29 is 0 Å². The van der Waals surface area contributed by atoms with Crippen LogP contribution in [0.4, 0.5) is 0 Å². The molecule has 0 unspecified atom stereocenters. The van der Waals surface area contributed by atoms with E-state index in [1.54, 1.807) is 0 Å². The predicted octanol–water partition coefficient (Wildman–Crippen LogP) is 2.27. The van der Waals surface area contributed by atoms with E-state index in [4.69, 9.17) is 0 Å². The van der Waals surface area contributed by atoms with E-state index in [0.29, 0.717) is 0 Å². The van der Waals surface area contributed by atoms with E-state index in [0.717, 1.165) is 5.41 Å². The lowest BCUT2D eigenvalue weighted by molar-refractivity contribution is 0.00657. The zero-order chi connectivity index (χ0) is 7.73. The summed E-state index contributed by atoms with van der Waals surface area (Å²) in [7, 11) is 0. The number of hydrogen-bond acceptors (Lipinski definition) is 1. The van der Waals surface area contributed by atoms with Gasteiger partial charge < -0.3 is 4.90 Å². The van der Waals surface area contributed by atoms with E-state index in [9.17, 15) is 0 Å². The maximum Gasteiger partial charge on any atom is 0.00505 e. The molecule has 1 saturated carbocycles. The fraction of sp³-hybridized carbons (Fsp3) is 1.00. The number of rotatable bonds is 2. The number of hydrogen-bond donors (Lipinski definition) is 0. The third-order valence-corrected chi connectivity index (χ3v) is 3.32. The lowest BCUT2D eigenvalue weighted by Gasteiger charge is -2.48. The van der Waals surface area contributed by atoms with Crippen LogP contribution in [0.15, 0.2) is 0 Å². The maximum absolute atomic E-state index is 2.62. The van der Waals surface area contributed by atoms with Gasteiger partial charge in [0.2, 0.25) is 0 Å². The molecule has 0 N–H and O–H groups in total. The van der Waals surface area contributed by atoms with Gasteiger partial charge in [0, 0.05) is 13.1 Å². The Bertz CT molecular complexity index is 128. The van der Waals surface area contributed by atoms with Gasteiger partial charge >= 0.3 is 0 Å². The smallest absolute Gasteiger partial charge is 0.00505 e. The van der Waals surface area contributed by atoms with Crippen molar-refractivity contribution in [2.45, 2.75) is 39.0 Å². The highest BCUT2D eigenvalue weighted by atomic mass is 15.2. The summed E-state index contributed by atoms with van der Waals surface area (Å²) < 4.78 is 0. The Kier molecular flexibility index (Phi) is 1.92. The molecule has 1 heteroatoms. The van der Waals surface area contributed by atoms with Crippen LogP contribution in [0.5, 0.6) is 0 Å². The summed E-state index contributed by atoms with van der Waals surface area (Å²) in [5, 5.41) is 0. The Morgan fingerprint density at radius 3 is 2.36 bits per heavy atom. The fourth-order valence-corrected chi connectivity index (χ4v) is 2.82. The molecule has 0 radical (unpaired) electrons. The molecule has 1 saturated heterocycles. The van der Waals surface area contributed by atoms with Crippen LogP contribution in [-0.4, -0.2) is 24.5 Å². The van der Waals surface area contributed by atoms with Crippen LogP contribution in [0.25, 0.3) is 0 Å². The summed E-state index contributed by atoms with van der Waals surface area (Å²) in [6.07, 6.45) is 7.37. The van der Waals surface area contributed by atoms with Crippen molar-refractivity contribution in [3.05, 3.63) is 0 Å². The normalized spacial score (nSPS) is 29.2. The molecule has 1 aliphatic heterocycles. The molecular formula is C10H19N. The quantitative estimate of drug-likeness (QED) is 0.588. The van der Waals surface area contributed by atoms with Crippen molar-refractivity contribution in [1.29, 1.82) is 0 Å². The molecule has 0 bridgehead atoms. The van der Waals surface area contributed by atoms with Gasteiger partial charge in [0.1, 0.15) is 0 Å². The van der Waals surface area contributed by atoms with Crippen molar-refractivity contribution in [1.82, 2.24) is 4.90 Å². The Morgan fingerprint density at radius 2 is 1.82 bits per heavy atom. The Balaban J connectivity index is 1.77. The van der Waals surface area contributed by atoms with E-state index >= 15 is 0 Å². The van der Waals surface area contributed by atoms with Crippen LogP contribution < -0.4 is 0 Å². The molecule has 1 nitrogen and oxygen atoms in total. The van der Waals surface area contributed by atoms with Gasteiger partial charge in [-0.05, 0) is 31.2 Å². The highest BCUT2D eigenvalue weighted by Gasteiger charge is 2.43. The second kappa shape index (κ2) is 2.78. The minimum absolute atomic E-state index is 0.815. The summed E-state index contributed by atoms with van der Waals surface area (Å²) in [5.74, 6) is 0. The SMILES string of the molecule is CCCN1CC2(CCCC2)C1. The van der Waals surface area contributed by atoms with Gasteiger partial charge in [0.05, 0.1) is 0 Å². The molecule has 11 heavy (non-hydrogen) atoms. The Morgan fingerprint density at radius 1 is 1.18 bits per heavy atom. The van der Waals surface area contributed by atoms with Gasteiger partial charge in [-0.25, -0.2) is 0 Å². The summed E-state index contributed by atoms with van der Waals surface area (Å²) in [5.41, 5.74) is 0.815. The van der Waals surface area contributed by atoms with Crippen LogP contribution in [0, 0.1) is 5.41 Å². The minimum atomic E-state index is 0.815. The summed E-state index contributed by atoms with van der Waals surface area (Å²) >= 11 is 0. The first-order chi connectivity index (χ1) is 5.35. The third-order valence-electron chi connectivity index (χ3n) is 3.32. The van der Waals surface area contributed by atoms with Crippen LogP contribution in [0.2, 0.25) is 0 Å². The van der Waals surface area contributed by atoms with E-state index in [2.05, 4.69) is 11.8 Å². The molecule has 2 fully saturated rings. The highest BCUT2D eigenvalue weighted by molar-refractivity contribution is 4.97. The number of likely N-dealkylation sites (tertiary alicyclic amines) is 1. The molecule has 64 valence electrons. The molecule has 0 aromatic carbocycles. The van der Waals surface area contributed by atoms with Gasteiger partial charge in [-0.15, -0.1) is 0 Å². The summed E-state index contributed by atoms with van der Waals surface area (Å²) in [6, 6.07) is 0. The van der Waals surface area contributed by atoms with Crippen molar-refractivity contribution in [3.63, 3.8) is 0 Å². The fourth-order valence-electron chi connectivity index (χ4n) is 2.82. The topological polar surface area (TPSA) is 3.24 Å². The second-order valence-electron chi connectivity index (χ2n) is 4.42. The lowest BCUT2D eigenvalue weighted by Crippen LogP contribution is -2.54. The first kappa shape index (κ1) is 7.60. The molecular weight excluding hydrogens is 134 g/mol. The zero-order valence-electron chi connectivity index (χ0n) is 7.60. The average Bonchev–Trinajstić information content (AvgIpc) is 2.35. The third kappa shape index (κ3) is 1.31. The summed E-state index contributed by atoms with van der Waals surface area (Å²) in [4.78, 5) is 2.62. The maximum atomic E-state index is 2.62. The first-order valence-corrected chi connectivity index (χ1v) is 5.07. The van der Waals surface area contributed by atoms with Crippen molar-refractivity contribution >= 4 is 0 Å². The van der Waals surface area contributed by atoms with Crippen molar-refractivity contribution in [3.8, 4) is 0 Å². The summed E-state index contributed by atoms with van der Waals surface area (Å²) in [6.45, 7) is 6.45. The van der Waals surface area contributed by atoms with E-state index in [-0.39, 0.29) is 0 Å². The Hall–Kier alpha value is -0.0400. The predicted molar refractivity (Wildman–Crippen MR) is 47.6 cm³/mol. The van der Waals surface area contributed by atoms with Gasteiger partial charge in [0.15, 0.2) is 0 Å². The van der Waals surface area contributed by atoms with E-state index < -0.39 is 0 Å². The molecule has 0 aromatic rings. The Labute approximate surface area is 69.8 Å². The van der Waals surface area contributed by atoms with Crippen molar-refractivity contribution in [2.75, 3.05) is 19.6 Å². The highest BCUT2D eigenvalue weighted by Crippen LogP contribution is 2.45. The molecule has 0 aromatic heterocycles. The standard InChI is InChI=1S/C10H19N/c1-2-7-11-8-10(9-11)5-3-4-6-10/h2-9H2,1H3. The molecule has 0 amide bonds.